The number of benzene rings is 3. The van der Waals surface area contributed by atoms with Crippen molar-refractivity contribution >= 4 is 5.76 Å². The van der Waals surface area contributed by atoms with Crippen LogP contribution in [0.25, 0.3) is 5.76 Å². The molecule has 0 radical (unpaired) electrons. The highest BCUT2D eigenvalue weighted by Crippen LogP contribution is 2.42. The summed E-state index contributed by atoms with van der Waals surface area (Å²) in [6.45, 7) is 0. The minimum Gasteiger partial charge on any atom is -0.493 e. The molecule has 1 atom stereocenters. The van der Waals surface area contributed by atoms with Crippen LogP contribution in [-0.4, -0.2) is 14.2 Å². The Balaban J connectivity index is 1.81. The van der Waals surface area contributed by atoms with E-state index in [0.29, 0.717) is 11.5 Å². The van der Waals surface area contributed by atoms with E-state index in [1.165, 1.54) is 12.1 Å². The molecular weight excluding hydrogens is 343 g/mol. The van der Waals surface area contributed by atoms with Crippen LogP contribution in [0.2, 0.25) is 0 Å². The van der Waals surface area contributed by atoms with Crippen LogP contribution in [-0.2, 0) is 0 Å². The Morgan fingerprint density at radius 2 is 1.59 bits per heavy atom. The van der Waals surface area contributed by atoms with E-state index in [0.717, 1.165) is 28.2 Å². The summed E-state index contributed by atoms with van der Waals surface area (Å²) in [5, 5.41) is 0. The van der Waals surface area contributed by atoms with Crippen molar-refractivity contribution < 1.29 is 18.6 Å². The fraction of sp³-hybridized carbons (Fsp3) is 0.130. The molecule has 4 rings (SSSR count). The molecule has 0 spiro atoms. The maximum absolute atomic E-state index is 13.4. The number of para-hydroxylation sites is 1. The number of hydrogen-bond donors (Lipinski definition) is 0. The fourth-order valence-electron chi connectivity index (χ4n) is 3.31. The Bertz CT molecular complexity index is 993. The van der Waals surface area contributed by atoms with Crippen LogP contribution in [0.5, 0.6) is 17.2 Å². The molecule has 0 unspecified atom stereocenters. The van der Waals surface area contributed by atoms with Crippen LogP contribution in [0, 0.1) is 5.82 Å². The molecule has 1 heterocycles. The van der Waals surface area contributed by atoms with Gasteiger partial charge in [0.15, 0.2) is 11.5 Å². The van der Waals surface area contributed by atoms with Crippen molar-refractivity contribution in [2.75, 3.05) is 14.2 Å². The third-order valence-electron chi connectivity index (χ3n) is 4.69. The Labute approximate surface area is 157 Å². The molecule has 0 N–H and O–H groups in total. The lowest BCUT2D eigenvalue weighted by molar-refractivity contribution is 0.354. The van der Waals surface area contributed by atoms with Gasteiger partial charge in [0.05, 0.1) is 14.2 Å². The number of halogens is 1. The summed E-state index contributed by atoms with van der Waals surface area (Å²) in [6, 6.07) is 20.2. The summed E-state index contributed by atoms with van der Waals surface area (Å²) >= 11 is 0. The Kier molecular flexibility index (Phi) is 4.55. The fourth-order valence-corrected chi connectivity index (χ4v) is 3.31. The molecule has 0 saturated carbocycles. The molecule has 1 aliphatic rings. The molecule has 0 saturated heterocycles. The molecule has 4 heteroatoms. The van der Waals surface area contributed by atoms with Gasteiger partial charge in [-0.3, -0.25) is 0 Å². The highest BCUT2D eigenvalue weighted by molar-refractivity contribution is 5.70. The molecule has 27 heavy (non-hydrogen) atoms. The van der Waals surface area contributed by atoms with Crippen molar-refractivity contribution in [3.05, 3.63) is 95.3 Å². The minimum absolute atomic E-state index is 0.0290. The smallest absolute Gasteiger partial charge is 0.161 e. The number of allylic oxidation sites excluding steroid dienone is 1. The van der Waals surface area contributed by atoms with Gasteiger partial charge in [0.2, 0.25) is 0 Å². The third kappa shape index (κ3) is 3.26. The summed E-state index contributed by atoms with van der Waals surface area (Å²) in [4.78, 5) is 0. The van der Waals surface area contributed by atoms with E-state index in [4.69, 9.17) is 14.2 Å². The Hall–Kier alpha value is -3.27. The highest BCUT2D eigenvalue weighted by atomic mass is 19.1. The van der Waals surface area contributed by atoms with Crippen LogP contribution >= 0.6 is 0 Å². The van der Waals surface area contributed by atoms with Crippen molar-refractivity contribution in [3.63, 3.8) is 0 Å². The lowest BCUT2D eigenvalue weighted by Crippen LogP contribution is -2.10. The summed E-state index contributed by atoms with van der Waals surface area (Å²) in [6.07, 6.45) is 2.05. The second-order valence-electron chi connectivity index (χ2n) is 6.27. The van der Waals surface area contributed by atoms with Gasteiger partial charge in [-0.15, -0.1) is 0 Å². The molecular formula is C23H19FO3. The maximum Gasteiger partial charge on any atom is 0.161 e. The molecule has 0 bridgehead atoms. The van der Waals surface area contributed by atoms with E-state index in [-0.39, 0.29) is 11.7 Å². The van der Waals surface area contributed by atoms with E-state index < -0.39 is 0 Å². The first-order valence-corrected chi connectivity index (χ1v) is 8.66. The number of rotatable bonds is 4. The Morgan fingerprint density at radius 3 is 2.33 bits per heavy atom. The average molecular weight is 362 g/mol. The van der Waals surface area contributed by atoms with E-state index in [1.54, 1.807) is 14.2 Å². The normalized spacial score (nSPS) is 15.4. The predicted octanol–water partition coefficient (Wildman–Crippen LogP) is 5.41. The standard InChI is InChI=1S/C23H19FO3/c1-25-21-12-9-16(13-23(21)26-2)22-14-19(15-7-10-17(24)11-8-15)18-5-3-4-6-20(18)27-22/h3-14,19H,1-2H3/t19-/m0/s1. The van der Waals surface area contributed by atoms with Crippen molar-refractivity contribution in [2.45, 2.75) is 5.92 Å². The largest absolute Gasteiger partial charge is 0.493 e. The van der Waals surface area contributed by atoms with E-state index in [9.17, 15) is 4.39 Å². The topological polar surface area (TPSA) is 27.7 Å². The number of hydrogen-bond acceptors (Lipinski definition) is 3. The second kappa shape index (κ2) is 7.16. The first-order chi connectivity index (χ1) is 13.2. The monoisotopic (exact) mass is 362 g/mol. The number of ether oxygens (including phenoxy) is 3. The molecule has 0 fully saturated rings. The van der Waals surface area contributed by atoms with Gasteiger partial charge in [-0.25, -0.2) is 4.39 Å². The second-order valence-corrected chi connectivity index (χ2v) is 6.27. The molecule has 0 aromatic heterocycles. The highest BCUT2D eigenvalue weighted by Gasteiger charge is 2.24. The van der Waals surface area contributed by atoms with Crippen LogP contribution in [0.1, 0.15) is 22.6 Å². The predicted molar refractivity (Wildman–Crippen MR) is 103 cm³/mol. The van der Waals surface area contributed by atoms with Gasteiger partial charge in [-0.05, 0) is 48.0 Å². The summed E-state index contributed by atoms with van der Waals surface area (Å²) < 4.78 is 30.3. The van der Waals surface area contributed by atoms with Gasteiger partial charge < -0.3 is 14.2 Å². The van der Waals surface area contributed by atoms with Crippen LogP contribution < -0.4 is 14.2 Å². The number of fused-ring (bicyclic) bond motifs is 1. The SMILES string of the molecule is COc1ccc(C2=C[C@@H](c3ccc(F)cc3)c3ccccc3O2)cc1OC. The molecule has 3 aromatic carbocycles. The third-order valence-corrected chi connectivity index (χ3v) is 4.69. The molecule has 0 aliphatic carbocycles. The van der Waals surface area contributed by atoms with Gasteiger partial charge in [-0.1, -0.05) is 30.3 Å². The van der Waals surface area contributed by atoms with Crippen molar-refractivity contribution in [3.8, 4) is 17.2 Å². The van der Waals surface area contributed by atoms with E-state index >= 15 is 0 Å². The minimum atomic E-state index is -0.247. The van der Waals surface area contributed by atoms with E-state index in [1.807, 2.05) is 54.6 Å². The van der Waals surface area contributed by atoms with Gasteiger partial charge in [0.25, 0.3) is 0 Å². The molecule has 3 aromatic rings. The zero-order valence-electron chi connectivity index (χ0n) is 15.1. The van der Waals surface area contributed by atoms with Crippen molar-refractivity contribution in [1.29, 1.82) is 0 Å². The zero-order valence-corrected chi connectivity index (χ0v) is 15.1. The summed E-state index contributed by atoms with van der Waals surface area (Å²) in [5.41, 5.74) is 2.94. The summed E-state index contributed by atoms with van der Waals surface area (Å²) in [5.74, 6) is 2.54. The van der Waals surface area contributed by atoms with Gasteiger partial charge in [-0.2, -0.15) is 0 Å². The Morgan fingerprint density at radius 1 is 0.852 bits per heavy atom. The lowest BCUT2D eigenvalue weighted by Gasteiger charge is -2.25. The molecule has 1 aliphatic heterocycles. The number of methoxy groups -OCH3 is 2. The lowest BCUT2D eigenvalue weighted by atomic mass is 9.88. The van der Waals surface area contributed by atoms with Crippen molar-refractivity contribution in [2.24, 2.45) is 0 Å². The van der Waals surface area contributed by atoms with Crippen molar-refractivity contribution in [1.82, 2.24) is 0 Å². The first kappa shape index (κ1) is 17.2. The van der Waals surface area contributed by atoms with Gasteiger partial charge in [0, 0.05) is 17.0 Å². The van der Waals surface area contributed by atoms with Gasteiger partial charge in [0.1, 0.15) is 17.3 Å². The van der Waals surface area contributed by atoms with Gasteiger partial charge >= 0.3 is 0 Å². The average Bonchev–Trinajstić information content (AvgIpc) is 2.73. The molecule has 136 valence electrons. The zero-order chi connectivity index (χ0) is 18.8. The first-order valence-electron chi connectivity index (χ1n) is 8.66. The maximum atomic E-state index is 13.4. The van der Waals surface area contributed by atoms with Crippen LogP contribution in [0.4, 0.5) is 4.39 Å². The van der Waals surface area contributed by atoms with Crippen LogP contribution in [0.3, 0.4) is 0 Å². The quantitative estimate of drug-likeness (QED) is 0.621. The summed E-state index contributed by atoms with van der Waals surface area (Å²) in [7, 11) is 3.21. The van der Waals surface area contributed by atoms with E-state index in [2.05, 4.69) is 6.08 Å². The van der Waals surface area contributed by atoms with Crippen LogP contribution in [0.15, 0.2) is 72.8 Å². The molecule has 3 nitrogen and oxygen atoms in total. The molecule has 0 amide bonds.